The lowest BCUT2D eigenvalue weighted by Gasteiger charge is -2.37. The Labute approximate surface area is 171 Å². The molecule has 1 aromatic carbocycles. The molecule has 3 atom stereocenters. The van der Waals surface area contributed by atoms with Gasteiger partial charge in [-0.1, -0.05) is 6.07 Å². The zero-order valence-electron chi connectivity index (χ0n) is 16.1. The Hall–Kier alpha value is -1.95. The van der Waals surface area contributed by atoms with Crippen LogP contribution in [0.1, 0.15) is 49.2 Å². The largest absolute Gasteiger partial charge is 0.416 e. The van der Waals surface area contributed by atoms with Crippen molar-refractivity contribution in [1.29, 1.82) is 0 Å². The van der Waals surface area contributed by atoms with E-state index in [1.807, 2.05) is 0 Å². The Morgan fingerprint density at radius 3 is 2.60 bits per heavy atom. The Morgan fingerprint density at radius 2 is 1.97 bits per heavy atom. The molecule has 0 radical (unpaired) electrons. The van der Waals surface area contributed by atoms with Crippen molar-refractivity contribution in [2.45, 2.75) is 53.9 Å². The number of benzene rings is 1. The molecule has 0 saturated carbocycles. The quantitative estimate of drug-likeness (QED) is 0.749. The van der Waals surface area contributed by atoms with E-state index in [2.05, 4.69) is 10.2 Å². The van der Waals surface area contributed by atoms with E-state index in [0.717, 1.165) is 12.1 Å². The third-order valence-corrected chi connectivity index (χ3v) is 8.36. The maximum atomic E-state index is 13.3. The van der Waals surface area contributed by atoms with Crippen molar-refractivity contribution < 1.29 is 36.2 Å². The van der Waals surface area contributed by atoms with Crippen molar-refractivity contribution in [1.82, 2.24) is 10.2 Å². The molecule has 0 aliphatic carbocycles. The number of alkyl halides is 3. The number of H-pyrrole nitrogens is 1. The topological polar surface area (TPSA) is 102 Å². The number of nitrogens with one attached hydrogen (secondary N) is 1. The Kier molecular flexibility index (Phi) is 5.00. The molecule has 30 heavy (non-hydrogen) atoms. The van der Waals surface area contributed by atoms with Crippen molar-refractivity contribution in [3.63, 3.8) is 0 Å². The van der Waals surface area contributed by atoms with Gasteiger partial charge < -0.3 is 14.6 Å². The summed E-state index contributed by atoms with van der Waals surface area (Å²) in [6, 6.07) is 5.34. The number of rotatable bonds is 4. The maximum absolute atomic E-state index is 13.3. The highest BCUT2D eigenvalue weighted by atomic mass is 32.2. The summed E-state index contributed by atoms with van der Waals surface area (Å²) in [4.78, 5) is -0.372. The SMILES string of the molecule is CC1(S(=O)(=O)c2cccc(C(F)(F)F)c2)CCOC(c2cc(C3(O)CCO3)n[nH]2)C1. The number of sulfone groups is 1. The summed E-state index contributed by atoms with van der Waals surface area (Å²) in [5, 5.41) is 17.0. The van der Waals surface area contributed by atoms with Crippen LogP contribution in [0.4, 0.5) is 13.2 Å². The molecule has 3 heterocycles. The summed E-state index contributed by atoms with van der Waals surface area (Å²) in [7, 11) is -4.09. The number of aromatic amines is 1. The Bertz CT molecular complexity index is 1050. The van der Waals surface area contributed by atoms with Gasteiger partial charge in [0.15, 0.2) is 9.84 Å². The molecule has 2 aliphatic heterocycles. The highest BCUT2D eigenvalue weighted by Crippen LogP contribution is 2.43. The predicted molar refractivity (Wildman–Crippen MR) is 98.0 cm³/mol. The fourth-order valence-corrected chi connectivity index (χ4v) is 5.57. The lowest BCUT2D eigenvalue weighted by atomic mass is 9.94. The molecule has 164 valence electrons. The van der Waals surface area contributed by atoms with Gasteiger partial charge in [0.05, 0.1) is 27.5 Å². The third kappa shape index (κ3) is 3.53. The van der Waals surface area contributed by atoms with Gasteiger partial charge in [-0.2, -0.15) is 18.3 Å². The molecule has 0 bridgehead atoms. The van der Waals surface area contributed by atoms with Crippen LogP contribution in [0.5, 0.6) is 0 Å². The molecule has 1 aromatic heterocycles. The van der Waals surface area contributed by atoms with Gasteiger partial charge in [0.25, 0.3) is 0 Å². The number of hydrogen-bond donors (Lipinski definition) is 2. The normalized spacial score (nSPS) is 30.1. The van der Waals surface area contributed by atoms with Crippen molar-refractivity contribution >= 4 is 9.84 Å². The van der Waals surface area contributed by atoms with Crippen LogP contribution < -0.4 is 0 Å². The molecule has 2 aromatic rings. The zero-order valence-corrected chi connectivity index (χ0v) is 16.9. The number of hydrogen-bond acceptors (Lipinski definition) is 6. The maximum Gasteiger partial charge on any atom is 0.416 e. The lowest BCUT2D eigenvalue weighted by Crippen LogP contribution is -2.42. The average Bonchev–Trinajstić information content (AvgIpc) is 3.16. The van der Waals surface area contributed by atoms with Gasteiger partial charge >= 0.3 is 6.18 Å². The first-order valence-electron chi connectivity index (χ1n) is 9.40. The van der Waals surface area contributed by atoms with Crippen molar-refractivity contribution in [2.75, 3.05) is 13.2 Å². The molecule has 11 heteroatoms. The summed E-state index contributed by atoms with van der Waals surface area (Å²) in [6.45, 7) is 2.03. The van der Waals surface area contributed by atoms with Gasteiger partial charge in [-0.05, 0) is 44.0 Å². The second-order valence-electron chi connectivity index (χ2n) is 7.88. The van der Waals surface area contributed by atoms with E-state index in [1.165, 1.54) is 13.0 Å². The van der Waals surface area contributed by atoms with Gasteiger partial charge in [0.1, 0.15) is 11.8 Å². The minimum Gasteiger partial charge on any atom is -0.372 e. The third-order valence-electron chi connectivity index (χ3n) is 5.81. The van der Waals surface area contributed by atoms with E-state index in [1.54, 1.807) is 6.07 Å². The number of nitrogens with zero attached hydrogens (tertiary/aromatic N) is 1. The van der Waals surface area contributed by atoms with Crippen LogP contribution in [0.3, 0.4) is 0 Å². The minimum atomic E-state index is -4.64. The summed E-state index contributed by atoms with van der Waals surface area (Å²) >= 11 is 0. The van der Waals surface area contributed by atoms with Crippen LogP contribution >= 0.6 is 0 Å². The molecule has 2 aliphatic rings. The fraction of sp³-hybridized carbons (Fsp3) is 0.526. The summed E-state index contributed by atoms with van der Waals surface area (Å²) in [5.74, 6) is -1.46. The molecule has 7 nitrogen and oxygen atoms in total. The molecule has 2 saturated heterocycles. The van der Waals surface area contributed by atoms with Crippen molar-refractivity contribution in [3.8, 4) is 0 Å². The van der Waals surface area contributed by atoms with E-state index in [-0.39, 0.29) is 30.0 Å². The fourth-order valence-electron chi connectivity index (χ4n) is 3.74. The first-order chi connectivity index (χ1) is 13.9. The van der Waals surface area contributed by atoms with Gasteiger partial charge in [0, 0.05) is 13.0 Å². The molecule has 4 rings (SSSR count). The lowest BCUT2D eigenvalue weighted by molar-refractivity contribution is -0.294. The average molecular weight is 446 g/mol. The molecule has 3 unspecified atom stereocenters. The van der Waals surface area contributed by atoms with Crippen molar-refractivity contribution in [3.05, 3.63) is 47.3 Å². The van der Waals surface area contributed by atoms with E-state index >= 15 is 0 Å². The molecule has 0 amide bonds. The number of aromatic nitrogens is 2. The van der Waals surface area contributed by atoms with Gasteiger partial charge in [-0.25, -0.2) is 8.42 Å². The van der Waals surface area contributed by atoms with Crippen LogP contribution in [-0.2, 0) is 31.3 Å². The first-order valence-corrected chi connectivity index (χ1v) is 10.9. The van der Waals surface area contributed by atoms with Gasteiger partial charge in [0.2, 0.25) is 5.79 Å². The smallest absolute Gasteiger partial charge is 0.372 e. The first kappa shape index (κ1) is 21.3. The molecular weight excluding hydrogens is 425 g/mol. The number of halogens is 3. The van der Waals surface area contributed by atoms with Crippen molar-refractivity contribution in [2.24, 2.45) is 0 Å². The molecule has 2 fully saturated rings. The monoisotopic (exact) mass is 446 g/mol. The van der Waals surface area contributed by atoms with Gasteiger partial charge in [-0.3, -0.25) is 5.10 Å². The summed E-state index contributed by atoms with van der Waals surface area (Å²) < 4.78 is 75.2. The van der Waals surface area contributed by atoms with Crippen LogP contribution in [0.15, 0.2) is 35.2 Å². The van der Waals surface area contributed by atoms with E-state index < -0.39 is 38.2 Å². The van der Waals surface area contributed by atoms with E-state index in [4.69, 9.17) is 9.47 Å². The van der Waals surface area contributed by atoms with Crippen LogP contribution in [0.25, 0.3) is 0 Å². The highest BCUT2D eigenvalue weighted by molar-refractivity contribution is 7.92. The molecule has 2 N–H and O–H groups in total. The molecule has 0 spiro atoms. The van der Waals surface area contributed by atoms with E-state index in [0.29, 0.717) is 24.8 Å². The predicted octanol–water partition coefficient (Wildman–Crippen LogP) is 3.08. The summed E-state index contributed by atoms with van der Waals surface area (Å²) in [6.07, 6.45) is -4.76. The summed E-state index contributed by atoms with van der Waals surface area (Å²) in [5.41, 5.74) is -0.262. The van der Waals surface area contributed by atoms with Crippen LogP contribution in [0.2, 0.25) is 0 Å². The second kappa shape index (κ2) is 7.04. The highest BCUT2D eigenvalue weighted by Gasteiger charge is 2.47. The standard InChI is InChI=1S/C19H21F3N2O5S/c1-17(30(26,27)13-4-2-3-12(9-13)19(20,21)22)5-7-28-15(11-17)14-10-16(24-23-14)18(25)6-8-29-18/h2-4,9-10,15,25H,5-8,11H2,1H3,(H,23,24). The number of aliphatic hydroxyl groups is 1. The second-order valence-corrected chi connectivity index (χ2v) is 10.3. The van der Waals surface area contributed by atoms with Gasteiger partial charge in [-0.15, -0.1) is 0 Å². The van der Waals surface area contributed by atoms with Crippen LogP contribution in [0, 0.1) is 0 Å². The zero-order chi connectivity index (χ0) is 21.8. The van der Waals surface area contributed by atoms with E-state index in [9.17, 15) is 26.7 Å². The minimum absolute atomic E-state index is 0.0203. The number of ether oxygens (including phenoxy) is 2. The Balaban J connectivity index is 1.61. The molecular formula is C19H21F3N2O5S. The van der Waals surface area contributed by atoms with Crippen LogP contribution in [-0.4, -0.2) is 41.7 Å². The Morgan fingerprint density at radius 1 is 1.23 bits per heavy atom.